The molecule has 2 aromatic carbocycles. The molecule has 0 heterocycles. The smallest absolute Gasteiger partial charge is 0.119 e. The molecule has 3 nitrogen and oxygen atoms in total. The van der Waals surface area contributed by atoms with Crippen molar-refractivity contribution in [1.29, 1.82) is 0 Å². The Morgan fingerprint density at radius 1 is 1.04 bits per heavy atom. The lowest BCUT2D eigenvalue weighted by Gasteiger charge is -2.20. The van der Waals surface area contributed by atoms with Crippen molar-refractivity contribution < 1.29 is 9.47 Å². The van der Waals surface area contributed by atoms with E-state index in [1.165, 1.54) is 4.90 Å². The van der Waals surface area contributed by atoms with Gasteiger partial charge in [-0.25, -0.2) is 0 Å². The molecule has 0 saturated heterocycles. The number of anilines is 1. The zero-order valence-electron chi connectivity index (χ0n) is 14.3. The molecule has 0 saturated carbocycles. The average Bonchev–Trinajstić information content (AvgIpc) is 2.58. The van der Waals surface area contributed by atoms with Crippen LogP contribution in [0.4, 0.5) is 5.69 Å². The summed E-state index contributed by atoms with van der Waals surface area (Å²) in [6, 6.07) is 18.5. The summed E-state index contributed by atoms with van der Waals surface area (Å²) in [7, 11) is 4.06. The normalized spacial score (nSPS) is 13.3. The fraction of sp³-hybridized carbons (Fsp3) is 0.368. The Morgan fingerprint density at radius 3 is 2.29 bits per heavy atom. The lowest BCUT2D eigenvalue weighted by atomic mass is 10.3. The van der Waals surface area contributed by atoms with Crippen LogP contribution in [-0.2, 0) is 4.74 Å². The Morgan fingerprint density at radius 2 is 1.71 bits per heavy atom. The predicted octanol–water partition coefficient (Wildman–Crippen LogP) is 5.09. The van der Waals surface area contributed by atoms with Crippen LogP contribution in [0, 0.1) is 0 Å². The van der Waals surface area contributed by atoms with Gasteiger partial charge in [-0.15, -0.1) is 11.8 Å². The molecule has 0 radical (unpaired) electrons. The molecular weight excluding hydrogens is 433 g/mol. The molecule has 0 aliphatic rings. The Kier molecular flexibility index (Phi) is 8.21. The molecule has 2 atom stereocenters. The van der Waals surface area contributed by atoms with Crippen molar-refractivity contribution in [3.8, 4) is 5.75 Å². The third-order valence-corrected chi connectivity index (χ3v) is 4.79. The Labute approximate surface area is 162 Å². The molecule has 2 unspecified atom stereocenters. The van der Waals surface area contributed by atoms with Gasteiger partial charge in [0.2, 0.25) is 0 Å². The Bertz CT molecular complexity index is 590. The van der Waals surface area contributed by atoms with Crippen LogP contribution in [0.5, 0.6) is 5.75 Å². The van der Waals surface area contributed by atoms with Crippen LogP contribution in [0.1, 0.15) is 6.92 Å². The molecular formula is C19H24INO2S. The topological polar surface area (TPSA) is 21.7 Å². The van der Waals surface area contributed by atoms with E-state index in [1.54, 1.807) is 11.8 Å². The summed E-state index contributed by atoms with van der Waals surface area (Å²) in [5.41, 5.74) is 1.16. The highest BCUT2D eigenvalue weighted by atomic mass is 127. The van der Waals surface area contributed by atoms with Gasteiger partial charge >= 0.3 is 0 Å². The number of ether oxygens (including phenoxy) is 2. The van der Waals surface area contributed by atoms with Crippen molar-refractivity contribution in [3.63, 3.8) is 0 Å². The van der Waals surface area contributed by atoms with Gasteiger partial charge in [-0.2, -0.15) is 0 Å². The summed E-state index contributed by atoms with van der Waals surface area (Å²) in [6.07, 6.45) is 0.0515. The fourth-order valence-corrected chi connectivity index (χ4v) is 3.45. The molecule has 0 spiro atoms. The van der Waals surface area contributed by atoms with Crippen molar-refractivity contribution >= 4 is 40.0 Å². The number of nitrogens with zero attached hydrogens (tertiary/aromatic N) is 1. The molecule has 130 valence electrons. The van der Waals surface area contributed by atoms with Crippen LogP contribution in [-0.4, -0.2) is 36.7 Å². The molecule has 0 aliphatic carbocycles. The van der Waals surface area contributed by atoms with Gasteiger partial charge < -0.3 is 14.4 Å². The minimum atomic E-state index is 0.0515. The molecule has 0 aliphatic heterocycles. The van der Waals surface area contributed by atoms with E-state index in [4.69, 9.17) is 9.47 Å². The number of hydrogen-bond donors (Lipinski definition) is 0. The lowest BCUT2D eigenvalue weighted by Crippen LogP contribution is -2.26. The predicted molar refractivity (Wildman–Crippen MR) is 112 cm³/mol. The molecule has 2 aromatic rings. The van der Waals surface area contributed by atoms with Crippen LogP contribution in [0.3, 0.4) is 0 Å². The molecule has 0 aromatic heterocycles. The molecule has 24 heavy (non-hydrogen) atoms. The number of alkyl halides is 1. The van der Waals surface area contributed by atoms with Crippen molar-refractivity contribution in [1.82, 2.24) is 0 Å². The van der Waals surface area contributed by atoms with Crippen molar-refractivity contribution in [2.75, 3.05) is 31.4 Å². The minimum Gasteiger partial charge on any atom is -0.491 e. The number of hydrogen-bond acceptors (Lipinski definition) is 4. The number of rotatable bonds is 9. The second-order valence-corrected chi connectivity index (χ2v) is 8.47. The highest BCUT2D eigenvalue weighted by Gasteiger charge is 2.14. The minimum absolute atomic E-state index is 0.0515. The molecule has 0 N–H and O–H groups in total. The average molecular weight is 457 g/mol. The summed E-state index contributed by atoms with van der Waals surface area (Å²) >= 11 is 4.08. The van der Waals surface area contributed by atoms with Crippen molar-refractivity contribution in [2.45, 2.75) is 22.0 Å². The summed E-state index contributed by atoms with van der Waals surface area (Å²) < 4.78 is 12.1. The quantitative estimate of drug-likeness (QED) is 0.297. The van der Waals surface area contributed by atoms with Gasteiger partial charge in [-0.3, -0.25) is 0 Å². The van der Waals surface area contributed by atoms with E-state index in [0.717, 1.165) is 17.2 Å². The molecule has 0 fully saturated rings. The summed E-state index contributed by atoms with van der Waals surface area (Å²) in [6.45, 7) is 2.60. The SMILES string of the molecule is CC(I)OC(COc1ccc(N(C)C)cc1)CSc1ccccc1. The van der Waals surface area contributed by atoms with E-state index in [9.17, 15) is 0 Å². The highest BCUT2D eigenvalue weighted by molar-refractivity contribution is 14.1. The highest BCUT2D eigenvalue weighted by Crippen LogP contribution is 2.22. The van der Waals surface area contributed by atoms with Gasteiger partial charge in [0.25, 0.3) is 0 Å². The van der Waals surface area contributed by atoms with Gasteiger partial charge in [0.1, 0.15) is 22.6 Å². The Balaban J connectivity index is 1.88. The third-order valence-electron chi connectivity index (χ3n) is 3.35. The maximum atomic E-state index is 5.99. The first-order chi connectivity index (χ1) is 11.5. The van der Waals surface area contributed by atoms with Gasteiger partial charge in [0, 0.05) is 30.4 Å². The van der Waals surface area contributed by atoms with E-state index >= 15 is 0 Å². The standard InChI is InChI=1S/C19H24INO2S/c1-15(20)23-18(14-24-19-7-5-4-6-8-19)13-22-17-11-9-16(10-12-17)21(2)3/h4-12,15,18H,13-14H2,1-3H3. The maximum Gasteiger partial charge on any atom is 0.119 e. The molecule has 2 rings (SSSR count). The monoisotopic (exact) mass is 457 g/mol. The zero-order chi connectivity index (χ0) is 17.4. The van der Waals surface area contributed by atoms with E-state index in [0.29, 0.717) is 6.61 Å². The lowest BCUT2D eigenvalue weighted by molar-refractivity contribution is 0.0344. The van der Waals surface area contributed by atoms with Gasteiger partial charge in [-0.05, 0) is 43.3 Å². The first-order valence-corrected chi connectivity index (χ1v) is 10.2. The summed E-state index contributed by atoms with van der Waals surface area (Å²) in [4.78, 5) is 3.33. The number of benzene rings is 2. The van der Waals surface area contributed by atoms with Crippen LogP contribution in [0.25, 0.3) is 0 Å². The zero-order valence-corrected chi connectivity index (χ0v) is 17.3. The van der Waals surface area contributed by atoms with Crippen molar-refractivity contribution in [3.05, 3.63) is 54.6 Å². The Hall–Kier alpha value is -0.920. The third kappa shape index (κ3) is 6.91. The van der Waals surface area contributed by atoms with Gasteiger partial charge in [-0.1, -0.05) is 40.8 Å². The van der Waals surface area contributed by atoms with E-state index < -0.39 is 0 Å². The number of thioether (sulfide) groups is 1. The van der Waals surface area contributed by atoms with E-state index in [-0.39, 0.29) is 10.2 Å². The maximum absolute atomic E-state index is 5.99. The summed E-state index contributed by atoms with van der Waals surface area (Å²) in [5, 5.41) is 0. The second kappa shape index (κ2) is 10.2. The number of halogens is 1. The van der Waals surface area contributed by atoms with Crippen LogP contribution in [0.15, 0.2) is 59.5 Å². The molecule has 5 heteroatoms. The molecule has 0 amide bonds. The van der Waals surface area contributed by atoms with Crippen molar-refractivity contribution in [2.24, 2.45) is 0 Å². The van der Waals surface area contributed by atoms with Crippen LogP contribution in [0.2, 0.25) is 0 Å². The van der Waals surface area contributed by atoms with Gasteiger partial charge in [0.15, 0.2) is 0 Å². The van der Waals surface area contributed by atoms with E-state index in [1.807, 2.05) is 39.2 Å². The first-order valence-electron chi connectivity index (χ1n) is 7.92. The summed E-state index contributed by atoms with van der Waals surface area (Å²) in [5.74, 6) is 1.74. The fourth-order valence-electron chi connectivity index (χ4n) is 2.13. The molecule has 0 bridgehead atoms. The van der Waals surface area contributed by atoms with Crippen LogP contribution >= 0.6 is 34.4 Å². The first kappa shape index (κ1) is 19.4. The second-order valence-electron chi connectivity index (χ2n) is 5.62. The van der Waals surface area contributed by atoms with Gasteiger partial charge in [0.05, 0.1) is 0 Å². The largest absolute Gasteiger partial charge is 0.491 e. The van der Waals surface area contributed by atoms with E-state index in [2.05, 4.69) is 63.9 Å². The van der Waals surface area contributed by atoms with Crippen LogP contribution < -0.4 is 9.64 Å².